The van der Waals surface area contributed by atoms with Crippen molar-refractivity contribution in [3.05, 3.63) is 45.4 Å². The van der Waals surface area contributed by atoms with Crippen molar-refractivity contribution in [2.45, 2.75) is 31.8 Å². The van der Waals surface area contributed by atoms with Gasteiger partial charge in [-0.1, -0.05) is 12.1 Å². The van der Waals surface area contributed by atoms with E-state index in [0.717, 1.165) is 16.3 Å². The van der Waals surface area contributed by atoms with Crippen molar-refractivity contribution in [2.24, 2.45) is 4.99 Å². The number of benzene rings is 1. The summed E-state index contributed by atoms with van der Waals surface area (Å²) in [5.41, 5.74) is 1.88. The lowest BCUT2D eigenvalue weighted by Crippen LogP contribution is -2.36. The minimum atomic E-state index is -3.56. The summed E-state index contributed by atoms with van der Waals surface area (Å²) in [7, 11) is -0.343. The van der Waals surface area contributed by atoms with Gasteiger partial charge >= 0.3 is 0 Å². The molecule has 0 aliphatic heterocycles. The molecule has 0 atom stereocenters. The van der Waals surface area contributed by atoms with Crippen LogP contribution in [0, 0.1) is 13.8 Å². The summed E-state index contributed by atoms with van der Waals surface area (Å²) in [6.07, 6.45) is 0. The molecule has 0 aliphatic rings. The lowest BCUT2D eigenvalue weighted by Gasteiger charge is -2.12. The molecule has 0 amide bonds. The largest absolute Gasteiger partial charge is 0.383 e. The third-order valence-electron chi connectivity index (χ3n) is 3.97. The van der Waals surface area contributed by atoms with Crippen molar-refractivity contribution in [1.82, 2.24) is 20.3 Å². The summed E-state index contributed by atoms with van der Waals surface area (Å²) in [5, 5.41) is 7.40. The summed E-state index contributed by atoms with van der Waals surface area (Å²) in [6, 6.07) is 6.79. The zero-order chi connectivity index (χ0) is 20.6. The number of thiazole rings is 1. The van der Waals surface area contributed by atoms with Crippen molar-refractivity contribution >= 4 is 27.3 Å². The van der Waals surface area contributed by atoms with Crippen molar-refractivity contribution in [2.75, 3.05) is 27.3 Å². The summed E-state index contributed by atoms with van der Waals surface area (Å²) in [5.74, 6) is 0.622. The first kappa shape index (κ1) is 22.3. The molecule has 0 radical (unpaired) electrons. The van der Waals surface area contributed by atoms with E-state index in [0.29, 0.717) is 25.7 Å². The highest BCUT2D eigenvalue weighted by Crippen LogP contribution is 2.16. The van der Waals surface area contributed by atoms with Crippen LogP contribution < -0.4 is 15.4 Å². The number of guanidine groups is 1. The number of nitrogens with one attached hydrogen (secondary N) is 3. The van der Waals surface area contributed by atoms with Gasteiger partial charge in [-0.3, -0.25) is 4.99 Å². The fraction of sp³-hybridized carbons (Fsp3) is 0.444. The molecule has 0 bridgehead atoms. The molecule has 3 N–H and O–H groups in total. The van der Waals surface area contributed by atoms with Gasteiger partial charge in [0.1, 0.15) is 5.01 Å². The monoisotopic (exact) mass is 425 g/mol. The van der Waals surface area contributed by atoms with Crippen LogP contribution >= 0.6 is 11.3 Å². The smallest absolute Gasteiger partial charge is 0.240 e. The second kappa shape index (κ2) is 10.5. The Bertz CT molecular complexity index is 890. The Hall–Kier alpha value is -2.01. The van der Waals surface area contributed by atoms with E-state index in [9.17, 15) is 8.42 Å². The van der Waals surface area contributed by atoms with Crippen molar-refractivity contribution in [3.8, 4) is 0 Å². The van der Waals surface area contributed by atoms with Gasteiger partial charge in [0.2, 0.25) is 10.0 Å². The number of rotatable bonds is 9. The van der Waals surface area contributed by atoms with Gasteiger partial charge in [-0.2, -0.15) is 0 Å². The van der Waals surface area contributed by atoms with Crippen LogP contribution in [-0.2, 0) is 27.8 Å². The highest BCUT2D eigenvalue weighted by Gasteiger charge is 2.13. The van der Waals surface area contributed by atoms with Gasteiger partial charge in [-0.15, -0.1) is 11.3 Å². The summed E-state index contributed by atoms with van der Waals surface area (Å²) in [6.45, 7) is 5.62. The molecule has 2 aromatic rings. The van der Waals surface area contributed by atoms with E-state index in [1.54, 1.807) is 36.6 Å². The first-order chi connectivity index (χ1) is 13.4. The third-order valence-corrected chi connectivity index (χ3v) is 6.50. The fourth-order valence-electron chi connectivity index (χ4n) is 2.36. The molecule has 28 heavy (non-hydrogen) atoms. The van der Waals surface area contributed by atoms with Crippen LogP contribution in [0.15, 0.2) is 34.2 Å². The molecule has 0 saturated carbocycles. The highest BCUT2D eigenvalue weighted by molar-refractivity contribution is 7.89. The van der Waals surface area contributed by atoms with E-state index < -0.39 is 10.0 Å². The number of hydrogen-bond donors (Lipinski definition) is 3. The lowest BCUT2D eigenvalue weighted by atomic mass is 10.2. The predicted molar refractivity (Wildman–Crippen MR) is 112 cm³/mol. The van der Waals surface area contributed by atoms with Crippen LogP contribution in [0.25, 0.3) is 0 Å². The molecule has 0 aliphatic carbocycles. The number of aliphatic imine (C=N–C) groups is 1. The van der Waals surface area contributed by atoms with Crippen LogP contribution in [0.4, 0.5) is 0 Å². The maximum atomic E-state index is 12.3. The quantitative estimate of drug-likeness (QED) is 0.320. The van der Waals surface area contributed by atoms with E-state index >= 15 is 0 Å². The molecule has 0 unspecified atom stereocenters. The molecular formula is C18H27N5O3S2. The molecule has 8 nitrogen and oxygen atoms in total. The molecule has 0 fully saturated rings. The summed E-state index contributed by atoms with van der Waals surface area (Å²) in [4.78, 5) is 10.1. The Kier molecular flexibility index (Phi) is 8.36. The fourth-order valence-corrected chi connectivity index (χ4v) is 4.32. The van der Waals surface area contributed by atoms with E-state index in [4.69, 9.17) is 4.74 Å². The molecule has 1 heterocycles. The molecular weight excluding hydrogens is 398 g/mol. The second-order valence-electron chi connectivity index (χ2n) is 6.07. The Balaban J connectivity index is 1.93. The van der Waals surface area contributed by atoms with E-state index in [1.807, 2.05) is 13.0 Å². The van der Waals surface area contributed by atoms with Crippen molar-refractivity contribution in [3.63, 3.8) is 0 Å². The lowest BCUT2D eigenvalue weighted by molar-refractivity contribution is 0.204. The van der Waals surface area contributed by atoms with Crippen molar-refractivity contribution in [1.29, 1.82) is 0 Å². The maximum absolute atomic E-state index is 12.3. The topological polar surface area (TPSA) is 105 Å². The van der Waals surface area contributed by atoms with Gasteiger partial charge in [0.15, 0.2) is 5.96 Å². The maximum Gasteiger partial charge on any atom is 0.240 e. The van der Waals surface area contributed by atoms with Gasteiger partial charge in [0.25, 0.3) is 0 Å². The van der Waals surface area contributed by atoms with Gasteiger partial charge in [0, 0.05) is 32.1 Å². The predicted octanol–water partition coefficient (Wildman–Crippen LogP) is 1.55. The summed E-state index contributed by atoms with van der Waals surface area (Å²) < 4.78 is 32.0. The van der Waals surface area contributed by atoms with Gasteiger partial charge in [0.05, 0.1) is 23.7 Å². The van der Waals surface area contributed by atoms with Crippen LogP contribution in [-0.4, -0.2) is 46.7 Å². The Morgan fingerprint density at radius 1 is 1.25 bits per heavy atom. The normalized spacial score (nSPS) is 12.2. The van der Waals surface area contributed by atoms with Crippen LogP contribution in [0.5, 0.6) is 0 Å². The number of aryl methyl sites for hydroxylation is 2. The Morgan fingerprint density at radius 2 is 2.00 bits per heavy atom. The zero-order valence-electron chi connectivity index (χ0n) is 16.6. The first-order valence-corrected chi connectivity index (χ1v) is 11.1. The number of ether oxygens (including phenoxy) is 1. The molecule has 0 spiro atoms. The highest BCUT2D eigenvalue weighted by atomic mass is 32.2. The standard InChI is InChI=1S/C18H27N5O3S2/c1-13-14(2)27-17(23-13)12-21-18(19-3)20-11-15-6-5-7-16(10-15)28(24,25)22-8-9-26-4/h5-7,10,22H,8-9,11-12H2,1-4H3,(H2,19,20,21). The van der Waals surface area contributed by atoms with Crippen LogP contribution in [0.3, 0.4) is 0 Å². The molecule has 0 saturated heterocycles. The minimum Gasteiger partial charge on any atom is -0.383 e. The zero-order valence-corrected chi connectivity index (χ0v) is 18.2. The average molecular weight is 426 g/mol. The molecule has 154 valence electrons. The Labute approximate surface area is 170 Å². The average Bonchev–Trinajstić information content (AvgIpc) is 3.00. The number of sulfonamides is 1. The van der Waals surface area contributed by atoms with Crippen LogP contribution in [0.1, 0.15) is 21.1 Å². The Morgan fingerprint density at radius 3 is 2.64 bits per heavy atom. The minimum absolute atomic E-state index is 0.222. The van der Waals surface area contributed by atoms with E-state index in [2.05, 4.69) is 32.3 Å². The van der Waals surface area contributed by atoms with Gasteiger partial charge in [-0.05, 0) is 31.5 Å². The number of aromatic nitrogens is 1. The number of hydrogen-bond acceptors (Lipinski definition) is 6. The van der Waals surface area contributed by atoms with Crippen LogP contribution in [0.2, 0.25) is 0 Å². The molecule has 10 heteroatoms. The molecule has 1 aromatic heterocycles. The number of nitrogens with zero attached hydrogens (tertiary/aromatic N) is 2. The van der Waals surface area contributed by atoms with Gasteiger partial charge < -0.3 is 15.4 Å². The SMILES string of the molecule is CN=C(NCc1cccc(S(=O)(=O)NCCOC)c1)NCc1nc(C)c(C)s1. The molecule has 1 aromatic carbocycles. The second-order valence-corrected chi connectivity index (χ2v) is 9.12. The third kappa shape index (κ3) is 6.55. The van der Waals surface area contributed by atoms with E-state index in [1.165, 1.54) is 12.0 Å². The number of methoxy groups -OCH3 is 1. The first-order valence-electron chi connectivity index (χ1n) is 8.80. The van der Waals surface area contributed by atoms with Crippen molar-refractivity contribution < 1.29 is 13.2 Å². The van der Waals surface area contributed by atoms with E-state index in [-0.39, 0.29) is 11.4 Å². The summed E-state index contributed by atoms with van der Waals surface area (Å²) >= 11 is 1.66. The molecule has 2 rings (SSSR count). The van der Waals surface area contributed by atoms with Gasteiger partial charge in [-0.25, -0.2) is 18.1 Å².